The van der Waals surface area contributed by atoms with E-state index in [9.17, 15) is 14.0 Å². The standard InChI is InChI=1S/C25H30FN3O3/c1-17-15-29(16-18(2)32-17)23-9-7-22(8-10-23)27-24(30)19-11-13-28(14-12-19)25(31)20-3-5-21(26)6-4-20/h3-10,17-19H,11-16H2,1-2H3,(H,27,30). The molecule has 7 heteroatoms. The zero-order valence-electron chi connectivity index (χ0n) is 18.6. The second kappa shape index (κ2) is 9.69. The Morgan fingerprint density at radius 2 is 1.53 bits per heavy atom. The summed E-state index contributed by atoms with van der Waals surface area (Å²) in [6.07, 6.45) is 1.61. The number of amides is 2. The Bertz CT molecular complexity index is 930. The number of carbonyl (C=O) groups excluding carboxylic acids is 2. The van der Waals surface area contributed by atoms with Crippen molar-refractivity contribution in [3.05, 3.63) is 59.9 Å². The molecule has 4 rings (SSSR count). The van der Waals surface area contributed by atoms with Gasteiger partial charge in [-0.25, -0.2) is 4.39 Å². The van der Waals surface area contributed by atoms with Crippen molar-refractivity contribution < 1.29 is 18.7 Å². The molecule has 2 aromatic carbocycles. The Morgan fingerprint density at radius 3 is 2.12 bits per heavy atom. The summed E-state index contributed by atoms with van der Waals surface area (Å²) in [6, 6.07) is 13.5. The van der Waals surface area contributed by atoms with Crippen molar-refractivity contribution >= 4 is 23.2 Å². The summed E-state index contributed by atoms with van der Waals surface area (Å²) >= 11 is 0. The van der Waals surface area contributed by atoms with Crippen molar-refractivity contribution in [1.29, 1.82) is 0 Å². The van der Waals surface area contributed by atoms with Gasteiger partial charge in [-0.15, -0.1) is 0 Å². The maximum atomic E-state index is 13.1. The molecular formula is C25H30FN3O3. The topological polar surface area (TPSA) is 61.9 Å². The minimum atomic E-state index is -0.362. The Morgan fingerprint density at radius 1 is 0.938 bits per heavy atom. The molecule has 2 unspecified atom stereocenters. The van der Waals surface area contributed by atoms with Gasteiger partial charge < -0.3 is 19.9 Å². The van der Waals surface area contributed by atoms with E-state index in [1.54, 1.807) is 4.90 Å². The first-order valence-corrected chi connectivity index (χ1v) is 11.2. The van der Waals surface area contributed by atoms with Crippen LogP contribution in [0.4, 0.5) is 15.8 Å². The van der Waals surface area contributed by atoms with Gasteiger partial charge in [0.2, 0.25) is 5.91 Å². The molecule has 0 bridgehead atoms. The van der Waals surface area contributed by atoms with Gasteiger partial charge in [0, 0.05) is 49.0 Å². The lowest BCUT2D eigenvalue weighted by atomic mass is 9.95. The maximum absolute atomic E-state index is 13.1. The largest absolute Gasteiger partial charge is 0.372 e. The number of carbonyl (C=O) groups is 2. The van der Waals surface area contributed by atoms with E-state index in [0.717, 1.165) is 24.5 Å². The molecule has 1 N–H and O–H groups in total. The number of likely N-dealkylation sites (tertiary alicyclic amines) is 1. The Labute approximate surface area is 188 Å². The third-order valence-electron chi connectivity index (χ3n) is 6.16. The molecule has 0 radical (unpaired) electrons. The van der Waals surface area contributed by atoms with Crippen LogP contribution in [0, 0.1) is 11.7 Å². The fraction of sp³-hybridized carbons (Fsp3) is 0.440. The second-order valence-corrected chi connectivity index (χ2v) is 8.77. The number of nitrogens with one attached hydrogen (secondary N) is 1. The summed E-state index contributed by atoms with van der Waals surface area (Å²) in [5.74, 6) is -0.627. The number of ether oxygens (including phenoxy) is 1. The summed E-state index contributed by atoms with van der Waals surface area (Å²) in [7, 11) is 0. The van der Waals surface area contributed by atoms with E-state index in [0.29, 0.717) is 31.5 Å². The number of hydrogen-bond acceptors (Lipinski definition) is 4. The van der Waals surface area contributed by atoms with E-state index in [4.69, 9.17) is 4.74 Å². The van der Waals surface area contributed by atoms with Crippen LogP contribution in [0.1, 0.15) is 37.0 Å². The van der Waals surface area contributed by atoms with Crippen molar-refractivity contribution in [2.75, 3.05) is 36.4 Å². The van der Waals surface area contributed by atoms with Gasteiger partial charge in [-0.1, -0.05) is 0 Å². The summed E-state index contributed by atoms with van der Waals surface area (Å²) in [4.78, 5) is 29.3. The first-order chi connectivity index (χ1) is 15.4. The summed E-state index contributed by atoms with van der Waals surface area (Å²) in [6.45, 7) is 6.89. The summed E-state index contributed by atoms with van der Waals surface area (Å²) in [5, 5.41) is 3.01. The molecule has 6 nitrogen and oxygen atoms in total. The molecule has 2 atom stereocenters. The van der Waals surface area contributed by atoms with E-state index in [1.165, 1.54) is 24.3 Å². The third kappa shape index (κ3) is 5.27. The highest BCUT2D eigenvalue weighted by molar-refractivity contribution is 5.95. The molecule has 32 heavy (non-hydrogen) atoms. The SMILES string of the molecule is CC1CN(c2ccc(NC(=O)C3CCN(C(=O)c4ccc(F)cc4)CC3)cc2)CC(C)O1. The normalized spacial score (nSPS) is 22.0. The van der Waals surface area contributed by atoms with Crippen LogP contribution in [0.2, 0.25) is 0 Å². The van der Waals surface area contributed by atoms with Gasteiger partial charge in [-0.3, -0.25) is 9.59 Å². The van der Waals surface area contributed by atoms with E-state index in [2.05, 4.69) is 24.1 Å². The molecule has 2 aliphatic rings. The second-order valence-electron chi connectivity index (χ2n) is 8.77. The predicted octanol–water partition coefficient (Wildman–Crippen LogP) is 3.93. The van der Waals surface area contributed by atoms with Crippen LogP contribution in [-0.2, 0) is 9.53 Å². The molecule has 0 saturated carbocycles. The molecule has 0 aromatic heterocycles. The van der Waals surface area contributed by atoms with Gasteiger partial charge in [0.1, 0.15) is 5.82 Å². The summed E-state index contributed by atoms with van der Waals surface area (Å²) in [5.41, 5.74) is 2.37. The van der Waals surface area contributed by atoms with Gasteiger partial charge in [0.15, 0.2) is 0 Å². The van der Waals surface area contributed by atoms with Crippen molar-refractivity contribution in [3.8, 4) is 0 Å². The minimum absolute atomic E-state index is 0.0137. The molecule has 2 heterocycles. The number of morpholine rings is 1. The zero-order valence-corrected chi connectivity index (χ0v) is 18.6. The van der Waals surface area contributed by atoms with E-state index >= 15 is 0 Å². The number of piperidine rings is 1. The van der Waals surface area contributed by atoms with Gasteiger partial charge in [0.25, 0.3) is 5.91 Å². The maximum Gasteiger partial charge on any atom is 0.253 e. The summed E-state index contributed by atoms with van der Waals surface area (Å²) < 4.78 is 18.9. The average molecular weight is 440 g/mol. The van der Waals surface area contributed by atoms with Crippen molar-refractivity contribution in [2.45, 2.75) is 38.9 Å². The van der Waals surface area contributed by atoms with Crippen LogP contribution in [0.3, 0.4) is 0 Å². The molecule has 0 spiro atoms. The van der Waals surface area contributed by atoms with Crippen LogP contribution in [0.5, 0.6) is 0 Å². The van der Waals surface area contributed by atoms with Gasteiger partial charge in [-0.2, -0.15) is 0 Å². The van der Waals surface area contributed by atoms with Gasteiger partial charge >= 0.3 is 0 Å². The van der Waals surface area contributed by atoms with Crippen molar-refractivity contribution in [3.63, 3.8) is 0 Å². The van der Waals surface area contributed by atoms with E-state index < -0.39 is 0 Å². The first-order valence-electron chi connectivity index (χ1n) is 11.2. The Kier molecular flexibility index (Phi) is 6.74. The van der Waals surface area contributed by atoms with Crippen LogP contribution in [-0.4, -0.2) is 55.1 Å². The highest BCUT2D eigenvalue weighted by atomic mass is 19.1. The molecule has 2 fully saturated rings. The Hall–Kier alpha value is -2.93. The quantitative estimate of drug-likeness (QED) is 0.784. The Balaban J connectivity index is 1.28. The molecule has 2 saturated heterocycles. The third-order valence-corrected chi connectivity index (χ3v) is 6.16. The van der Waals surface area contributed by atoms with Crippen LogP contribution in [0.25, 0.3) is 0 Å². The highest BCUT2D eigenvalue weighted by Crippen LogP contribution is 2.24. The number of halogens is 1. The van der Waals surface area contributed by atoms with E-state index in [1.807, 2.05) is 24.3 Å². The lowest BCUT2D eigenvalue weighted by Crippen LogP contribution is -2.45. The smallest absolute Gasteiger partial charge is 0.253 e. The van der Waals surface area contributed by atoms with E-state index in [-0.39, 0.29) is 35.8 Å². The lowest BCUT2D eigenvalue weighted by Gasteiger charge is -2.37. The number of hydrogen-bond donors (Lipinski definition) is 1. The average Bonchev–Trinajstić information content (AvgIpc) is 2.79. The molecule has 2 aromatic rings. The fourth-order valence-electron chi connectivity index (χ4n) is 4.51. The van der Waals surface area contributed by atoms with Crippen molar-refractivity contribution in [1.82, 2.24) is 4.90 Å². The number of nitrogens with zero attached hydrogens (tertiary/aromatic N) is 2. The fourth-order valence-corrected chi connectivity index (χ4v) is 4.51. The lowest BCUT2D eigenvalue weighted by molar-refractivity contribution is -0.121. The van der Waals surface area contributed by atoms with Gasteiger partial charge in [0.05, 0.1) is 12.2 Å². The zero-order chi connectivity index (χ0) is 22.7. The monoisotopic (exact) mass is 439 g/mol. The number of benzene rings is 2. The highest BCUT2D eigenvalue weighted by Gasteiger charge is 2.28. The first kappa shape index (κ1) is 22.3. The molecule has 2 aliphatic heterocycles. The number of rotatable bonds is 4. The van der Waals surface area contributed by atoms with Crippen LogP contribution < -0.4 is 10.2 Å². The van der Waals surface area contributed by atoms with Gasteiger partial charge in [-0.05, 0) is 75.2 Å². The number of anilines is 2. The minimum Gasteiger partial charge on any atom is -0.372 e. The predicted molar refractivity (Wildman–Crippen MR) is 122 cm³/mol. The molecule has 0 aliphatic carbocycles. The van der Waals surface area contributed by atoms with Crippen LogP contribution in [0.15, 0.2) is 48.5 Å². The molecular weight excluding hydrogens is 409 g/mol. The van der Waals surface area contributed by atoms with Crippen molar-refractivity contribution in [2.24, 2.45) is 5.92 Å². The molecule has 2 amide bonds. The van der Waals surface area contributed by atoms with Crippen LogP contribution >= 0.6 is 0 Å². The molecule has 170 valence electrons.